The molecule has 0 bridgehead atoms. The van der Waals surface area contributed by atoms with Crippen LogP contribution in [-0.4, -0.2) is 27.7 Å². The first-order chi connectivity index (χ1) is 15.8. The molecule has 2 aromatic carbocycles. The monoisotopic (exact) mass is 449 g/mol. The molecule has 0 aliphatic carbocycles. The molecule has 4 rings (SSSR count). The van der Waals surface area contributed by atoms with E-state index in [-0.39, 0.29) is 17.3 Å². The number of amides is 2. The lowest BCUT2D eigenvalue weighted by Gasteiger charge is -2.10. The summed E-state index contributed by atoms with van der Waals surface area (Å²) in [5, 5.41) is 9.58. The van der Waals surface area contributed by atoms with E-state index in [0.717, 1.165) is 5.56 Å². The molecular formula is C24H24FN5O3. The smallest absolute Gasteiger partial charge is 0.319 e. The van der Waals surface area contributed by atoms with Crippen molar-refractivity contribution in [3.8, 4) is 22.8 Å². The molecule has 2 heterocycles. The summed E-state index contributed by atoms with van der Waals surface area (Å²) in [5.74, 6) is 1.16. The lowest BCUT2D eigenvalue weighted by Crippen LogP contribution is -2.30. The van der Waals surface area contributed by atoms with Crippen LogP contribution in [0.2, 0.25) is 0 Å². The Hall–Kier alpha value is -4.01. The van der Waals surface area contributed by atoms with E-state index in [1.54, 1.807) is 24.3 Å². The zero-order chi connectivity index (χ0) is 23.4. The summed E-state index contributed by atoms with van der Waals surface area (Å²) in [5.41, 5.74) is 2.58. The number of urea groups is 1. The van der Waals surface area contributed by atoms with Crippen LogP contribution in [0, 0.1) is 5.82 Å². The first-order valence-corrected chi connectivity index (χ1v) is 10.5. The molecule has 170 valence electrons. The molecule has 0 spiro atoms. The molecule has 0 saturated heterocycles. The van der Waals surface area contributed by atoms with Crippen LogP contribution in [0.25, 0.3) is 22.8 Å². The third-order valence-corrected chi connectivity index (χ3v) is 4.78. The molecule has 0 atom stereocenters. The van der Waals surface area contributed by atoms with E-state index in [1.165, 1.54) is 18.4 Å². The SMILES string of the molecule is CC(C)(C)c1nc(-c2ccc(NC(=O)NCCc3coc(-c4ccc(F)cc4)n3)cc2)no1. The predicted octanol–water partition coefficient (Wildman–Crippen LogP) is 5.19. The van der Waals surface area contributed by atoms with E-state index in [0.29, 0.717) is 47.5 Å². The van der Waals surface area contributed by atoms with Crippen molar-refractivity contribution >= 4 is 11.7 Å². The Bertz CT molecular complexity index is 1220. The molecule has 0 saturated carbocycles. The summed E-state index contributed by atoms with van der Waals surface area (Å²) in [7, 11) is 0. The maximum Gasteiger partial charge on any atom is 0.319 e. The van der Waals surface area contributed by atoms with Gasteiger partial charge in [0.25, 0.3) is 0 Å². The van der Waals surface area contributed by atoms with Crippen molar-refractivity contribution in [2.75, 3.05) is 11.9 Å². The van der Waals surface area contributed by atoms with Gasteiger partial charge in [0.15, 0.2) is 0 Å². The third-order valence-electron chi connectivity index (χ3n) is 4.78. The van der Waals surface area contributed by atoms with Crippen LogP contribution < -0.4 is 10.6 Å². The predicted molar refractivity (Wildman–Crippen MR) is 121 cm³/mol. The van der Waals surface area contributed by atoms with Gasteiger partial charge < -0.3 is 19.6 Å². The van der Waals surface area contributed by atoms with Crippen LogP contribution in [0.15, 0.2) is 63.7 Å². The highest BCUT2D eigenvalue weighted by Crippen LogP contribution is 2.24. The molecule has 8 nitrogen and oxygen atoms in total. The quantitative estimate of drug-likeness (QED) is 0.419. The molecule has 0 aliphatic rings. The molecule has 2 amide bonds. The molecule has 4 aromatic rings. The average Bonchev–Trinajstić information content (AvgIpc) is 3.45. The van der Waals surface area contributed by atoms with E-state index in [9.17, 15) is 9.18 Å². The summed E-state index contributed by atoms with van der Waals surface area (Å²) >= 11 is 0. The van der Waals surface area contributed by atoms with Gasteiger partial charge in [-0.2, -0.15) is 4.98 Å². The summed E-state index contributed by atoms with van der Waals surface area (Å²) in [4.78, 5) is 21.0. The Balaban J connectivity index is 1.26. The van der Waals surface area contributed by atoms with Gasteiger partial charge in [-0.15, -0.1) is 0 Å². The fourth-order valence-electron chi connectivity index (χ4n) is 2.97. The average molecular weight is 449 g/mol. The van der Waals surface area contributed by atoms with Crippen LogP contribution in [0.1, 0.15) is 32.4 Å². The molecule has 0 aliphatic heterocycles. The largest absolute Gasteiger partial charge is 0.444 e. The van der Waals surface area contributed by atoms with Gasteiger partial charge in [-0.3, -0.25) is 0 Å². The molecular weight excluding hydrogens is 425 g/mol. The number of hydrogen-bond donors (Lipinski definition) is 2. The van der Waals surface area contributed by atoms with Crippen LogP contribution in [0.3, 0.4) is 0 Å². The maximum absolute atomic E-state index is 13.0. The van der Waals surface area contributed by atoms with E-state index < -0.39 is 0 Å². The molecule has 2 aromatic heterocycles. The lowest BCUT2D eigenvalue weighted by molar-refractivity contribution is 0.252. The van der Waals surface area contributed by atoms with Crippen molar-refractivity contribution in [2.24, 2.45) is 0 Å². The lowest BCUT2D eigenvalue weighted by atomic mass is 9.97. The highest BCUT2D eigenvalue weighted by molar-refractivity contribution is 5.89. The number of anilines is 1. The Morgan fingerprint density at radius 3 is 2.36 bits per heavy atom. The number of hydrogen-bond acceptors (Lipinski definition) is 6. The minimum atomic E-state index is -0.334. The van der Waals surface area contributed by atoms with Gasteiger partial charge in [-0.05, 0) is 48.5 Å². The van der Waals surface area contributed by atoms with E-state index >= 15 is 0 Å². The minimum absolute atomic E-state index is 0.223. The fraction of sp³-hybridized carbons (Fsp3) is 0.250. The Labute approximate surface area is 190 Å². The first-order valence-electron chi connectivity index (χ1n) is 10.5. The number of carbonyl (C=O) groups excluding carboxylic acids is 1. The number of carbonyl (C=O) groups is 1. The molecule has 0 unspecified atom stereocenters. The van der Waals surface area contributed by atoms with Crippen molar-refractivity contribution < 1.29 is 18.1 Å². The van der Waals surface area contributed by atoms with Crippen LogP contribution >= 0.6 is 0 Å². The summed E-state index contributed by atoms with van der Waals surface area (Å²) < 4.78 is 23.8. The minimum Gasteiger partial charge on any atom is -0.444 e. The van der Waals surface area contributed by atoms with Gasteiger partial charge in [0.1, 0.15) is 12.1 Å². The van der Waals surface area contributed by atoms with Gasteiger partial charge in [0, 0.05) is 35.2 Å². The number of benzene rings is 2. The second-order valence-corrected chi connectivity index (χ2v) is 8.53. The number of halogens is 1. The molecule has 2 N–H and O–H groups in total. The summed E-state index contributed by atoms with van der Waals surface area (Å²) in [6.07, 6.45) is 2.02. The Kier molecular flexibility index (Phi) is 6.21. The van der Waals surface area contributed by atoms with Gasteiger partial charge >= 0.3 is 6.03 Å². The van der Waals surface area contributed by atoms with Gasteiger partial charge in [0.2, 0.25) is 17.6 Å². The van der Waals surface area contributed by atoms with Crippen LogP contribution in [-0.2, 0) is 11.8 Å². The Morgan fingerprint density at radius 1 is 1.00 bits per heavy atom. The van der Waals surface area contributed by atoms with Crippen molar-refractivity contribution in [3.63, 3.8) is 0 Å². The van der Waals surface area contributed by atoms with E-state index in [2.05, 4.69) is 25.8 Å². The second-order valence-electron chi connectivity index (χ2n) is 8.53. The van der Waals surface area contributed by atoms with Crippen LogP contribution in [0.4, 0.5) is 14.9 Å². The van der Waals surface area contributed by atoms with Crippen molar-refractivity contribution in [2.45, 2.75) is 32.6 Å². The first kappa shape index (κ1) is 22.2. The van der Waals surface area contributed by atoms with Crippen LogP contribution in [0.5, 0.6) is 0 Å². The summed E-state index contributed by atoms with van der Waals surface area (Å²) in [6.45, 7) is 6.38. The third kappa shape index (κ3) is 5.62. The van der Waals surface area contributed by atoms with E-state index in [1.807, 2.05) is 32.9 Å². The maximum atomic E-state index is 13.0. The standard InChI is InChI=1S/C24H24FN5O3/c1-24(2,3)22-29-20(30-33-22)15-6-10-18(11-7-15)28-23(31)26-13-12-19-14-32-21(27-19)16-4-8-17(25)9-5-16/h4-11,14H,12-13H2,1-3H3,(H2,26,28,31). The number of rotatable bonds is 6. The van der Waals surface area contributed by atoms with Gasteiger partial charge in [-0.1, -0.05) is 25.9 Å². The topological polar surface area (TPSA) is 106 Å². The number of nitrogens with zero attached hydrogens (tertiary/aromatic N) is 3. The Morgan fingerprint density at radius 2 is 1.70 bits per heavy atom. The number of nitrogens with one attached hydrogen (secondary N) is 2. The highest BCUT2D eigenvalue weighted by atomic mass is 19.1. The number of oxazole rings is 1. The van der Waals surface area contributed by atoms with Crippen molar-refractivity contribution in [1.82, 2.24) is 20.4 Å². The second kappa shape index (κ2) is 9.23. The van der Waals surface area contributed by atoms with Gasteiger partial charge in [0.05, 0.1) is 5.69 Å². The van der Waals surface area contributed by atoms with Crippen molar-refractivity contribution in [3.05, 3.63) is 72.2 Å². The van der Waals surface area contributed by atoms with Gasteiger partial charge in [-0.25, -0.2) is 14.2 Å². The molecule has 33 heavy (non-hydrogen) atoms. The summed E-state index contributed by atoms with van der Waals surface area (Å²) in [6, 6.07) is 12.8. The fourth-order valence-corrected chi connectivity index (χ4v) is 2.97. The molecule has 0 radical (unpaired) electrons. The van der Waals surface area contributed by atoms with E-state index in [4.69, 9.17) is 8.94 Å². The zero-order valence-electron chi connectivity index (χ0n) is 18.6. The highest BCUT2D eigenvalue weighted by Gasteiger charge is 2.22. The number of aromatic nitrogens is 3. The van der Waals surface area contributed by atoms with Crippen molar-refractivity contribution in [1.29, 1.82) is 0 Å². The molecule has 9 heteroatoms. The zero-order valence-corrected chi connectivity index (χ0v) is 18.6. The normalized spacial score (nSPS) is 11.4. The molecule has 0 fully saturated rings.